The van der Waals surface area contributed by atoms with Crippen LogP contribution in [0.4, 0.5) is 10.2 Å². The number of benzene rings is 1. The molecule has 0 aliphatic carbocycles. The van der Waals surface area contributed by atoms with Crippen molar-refractivity contribution in [2.75, 3.05) is 19.0 Å². The van der Waals surface area contributed by atoms with Crippen molar-refractivity contribution in [2.45, 2.75) is 23.3 Å². The molecule has 0 spiro atoms. The van der Waals surface area contributed by atoms with Gasteiger partial charge >= 0.3 is 0 Å². The minimum atomic E-state index is -0.277. The summed E-state index contributed by atoms with van der Waals surface area (Å²) in [7, 11) is 1.56. The van der Waals surface area contributed by atoms with Gasteiger partial charge in [0.05, 0.1) is 7.11 Å². The Morgan fingerprint density at radius 3 is 2.80 bits per heavy atom. The van der Waals surface area contributed by atoms with E-state index in [9.17, 15) is 4.39 Å². The third-order valence-corrected chi connectivity index (χ3v) is 3.60. The topological polar surface area (TPSA) is 47.0 Å². The second kappa shape index (κ2) is 7.09. The minimum Gasteiger partial charge on any atom is -0.490 e. The second-order valence-electron chi connectivity index (χ2n) is 4.02. The number of halogens is 1. The summed E-state index contributed by atoms with van der Waals surface area (Å²) < 4.78 is 19.0. The van der Waals surface area contributed by atoms with Crippen molar-refractivity contribution in [3.05, 3.63) is 36.4 Å². The van der Waals surface area contributed by atoms with Crippen molar-refractivity contribution in [2.24, 2.45) is 0 Å². The van der Waals surface area contributed by atoms with E-state index >= 15 is 0 Å². The van der Waals surface area contributed by atoms with Crippen LogP contribution in [0.1, 0.15) is 13.3 Å². The predicted molar refractivity (Wildman–Crippen MR) is 77.9 cm³/mol. The van der Waals surface area contributed by atoms with Crippen LogP contribution in [0.3, 0.4) is 0 Å². The van der Waals surface area contributed by atoms with Crippen LogP contribution in [0.2, 0.25) is 0 Å². The summed E-state index contributed by atoms with van der Waals surface area (Å²) in [6.07, 6.45) is 2.42. The van der Waals surface area contributed by atoms with Crippen LogP contribution in [-0.2, 0) is 0 Å². The standard InChI is InChI=1S/C14H16FN3OS/c1-3-8-16-13-12(19-2)14(18-9-17-13)20-11-7-5-4-6-10(11)15/h4-7,9H,3,8H2,1-2H3,(H,16,17,18). The summed E-state index contributed by atoms with van der Waals surface area (Å²) in [5, 5.41) is 3.76. The van der Waals surface area contributed by atoms with Crippen LogP contribution in [0.5, 0.6) is 5.75 Å². The number of rotatable bonds is 6. The van der Waals surface area contributed by atoms with E-state index in [4.69, 9.17) is 4.74 Å². The molecule has 2 aromatic rings. The molecule has 0 saturated heterocycles. The largest absolute Gasteiger partial charge is 0.490 e. The van der Waals surface area contributed by atoms with Gasteiger partial charge in [-0.2, -0.15) is 0 Å². The molecule has 6 heteroatoms. The van der Waals surface area contributed by atoms with Gasteiger partial charge in [-0.25, -0.2) is 14.4 Å². The first-order chi connectivity index (χ1) is 9.76. The molecule has 1 N–H and O–H groups in total. The van der Waals surface area contributed by atoms with Crippen molar-refractivity contribution in [1.82, 2.24) is 9.97 Å². The molecule has 0 bridgehead atoms. The molecular weight excluding hydrogens is 277 g/mol. The number of nitrogens with one attached hydrogen (secondary N) is 1. The van der Waals surface area contributed by atoms with Gasteiger partial charge in [0.25, 0.3) is 0 Å². The minimum absolute atomic E-state index is 0.277. The SMILES string of the molecule is CCCNc1ncnc(Sc2ccccc2F)c1OC. The molecule has 2 rings (SSSR count). The molecule has 0 unspecified atom stereocenters. The average molecular weight is 293 g/mol. The molecule has 106 valence electrons. The fourth-order valence-electron chi connectivity index (χ4n) is 1.62. The van der Waals surface area contributed by atoms with E-state index in [1.54, 1.807) is 25.3 Å². The van der Waals surface area contributed by atoms with Crippen molar-refractivity contribution in [3.63, 3.8) is 0 Å². The van der Waals surface area contributed by atoms with E-state index in [0.29, 0.717) is 21.5 Å². The molecule has 0 fully saturated rings. The average Bonchev–Trinajstić information content (AvgIpc) is 2.47. The molecule has 1 aromatic carbocycles. The number of anilines is 1. The number of hydrogen-bond acceptors (Lipinski definition) is 5. The van der Waals surface area contributed by atoms with Gasteiger partial charge in [0.2, 0.25) is 0 Å². The van der Waals surface area contributed by atoms with Crippen molar-refractivity contribution >= 4 is 17.6 Å². The van der Waals surface area contributed by atoms with Crippen molar-refractivity contribution < 1.29 is 9.13 Å². The Bertz CT molecular complexity index is 580. The van der Waals surface area contributed by atoms with E-state index in [1.807, 2.05) is 0 Å². The first-order valence-electron chi connectivity index (χ1n) is 6.31. The van der Waals surface area contributed by atoms with E-state index in [2.05, 4.69) is 22.2 Å². The number of hydrogen-bond donors (Lipinski definition) is 1. The fourth-order valence-corrected chi connectivity index (χ4v) is 2.51. The predicted octanol–water partition coefficient (Wildman–Crippen LogP) is 3.60. The molecular formula is C14H16FN3OS. The Morgan fingerprint density at radius 2 is 2.10 bits per heavy atom. The third-order valence-electron chi connectivity index (χ3n) is 2.56. The molecule has 1 heterocycles. The monoisotopic (exact) mass is 293 g/mol. The van der Waals surface area contributed by atoms with Gasteiger partial charge in [-0.3, -0.25) is 0 Å². The van der Waals surface area contributed by atoms with Crippen LogP contribution < -0.4 is 10.1 Å². The molecule has 0 aliphatic heterocycles. The highest BCUT2D eigenvalue weighted by atomic mass is 32.2. The molecule has 0 amide bonds. The summed E-state index contributed by atoms with van der Waals surface area (Å²) in [6.45, 7) is 2.85. The first-order valence-corrected chi connectivity index (χ1v) is 7.13. The van der Waals surface area contributed by atoms with E-state index in [-0.39, 0.29) is 5.82 Å². The third kappa shape index (κ3) is 3.39. The Balaban J connectivity index is 2.29. The van der Waals surface area contributed by atoms with Crippen molar-refractivity contribution in [1.29, 1.82) is 0 Å². The molecule has 0 radical (unpaired) electrons. The van der Waals surface area contributed by atoms with Crippen molar-refractivity contribution in [3.8, 4) is 5.75 Å². The number of methoxy groups -OCH3 is 1. The van der Waals surface area contributed by atoms with E-state index in [1.165, 1.54) is 24.2 Å². The maximum atomic E-state index is 13.7. The lowest BCUT2D eigenvalue weighted by atomic mass is 10.3. The summed E-state index contributed by atoms with van der Waals surface area (Å²) in [5.74, 6) is 0.888. The second-order valence-corrected chi connectivity index (χ2v) is 5.05. The van der Waals surface area contributed by atoms with Gasteiger partial charge in [-0.1, -0.05) is 30.8 Å². The Morgan fingerprint density at radius 1 is 1.30 bits per heavy atom. The molecule has 0 aliphatic rings. The fraction of sp³-hybridized carbons (Fsp3) is 0.286. The summed E-state index contributed by atoms with van der Waals surface area (Å²) in [5.41, 5.74) is 0. The van der Waals surface area contributed by atoms with Crippen LogP contribution in [0.15, 0.2) is 40.5 Å². The maximum Gasteiger partial charge on any atom is 0.194 e. The lowest BCUT2D eigenvalue weighted by Gasteiger charge is -2.12. The molecule has 4 nitrogen and oxygen atoms in total. The zero-order chi connectivity index (χ0) is 14.4. The van der Waals surface area contributed by atoms with Gasteiger partial charge in [0.1, 0.15) is 17.2 Å². The molecule has 0 atom stereocenters. The maximum absolute atomic E-state index is 13.7. The summed E-state index contributed by atoms with van der Waals surface area (Å²) in [4.78, 5) is 8.84. The molecule has 0 saturated carbocycles. The smallest absolute Gasteiger partial charge is 0.194 e. The highest BCUT2D eigenvalue weighted by Crippen LogP contribution is 2.37. The van der Waals surface area contributed by atoms with Crippen LogP contribution in [0, 0.1) is 5.82 Å². The molecule has 1 aromatic heterocycles. The first kappa shape index (κ1) is 14.6. The highest BCUT2D eigenvalue weighted by molar-refractivity contribution is 7.99. The summed E-state index contributed by atoms with van der Waals surface area (Å²) >= 11 is 1.22. The normalized spacial score (nSPS) is 10.3. The van der Waals surface area contributed by atoms with E-state index < -0.39 is 0 Å². The quantitative estimate of drug-likeness (QED) is 0.825. The lowest BCUT2D eigenvalue weighted by molar-refractivity contribution is 0.400. The molecule has 20 heavy (non-hydrogen) atoms. The Kier molecular flexibility index (Phi) is 5.17. The van der Waals surface area contributed by atoms with E-state index in [0.717, 1.165) is 13.0 Å². The summed E-state index contributed by atoms with van der Waals surface area (Å²) in [6, 6.07) is 6.58. The van der Waals surface area contributed by atoms with Crippen LogP contribution in [-0.4, -0.2) is 23.6 Å². The van der Waals surface area contributed by atoms with Gasteiger partial charge in [-0.15, -0.1) is 0 Å². The van der Waals surface area contributed by atoms with Crippen LogP contribution in [0.25, 0.3) is 0 Å². The number of ether oxygens (including phenoxy) is 1. The zero-order valence-corrected chi connectivity index (χ0v) is 12.2. The lowest BCUT2D eigenvalue weighted by Crippen LogP contribution is -2.05. The van der Waals surface area contributed by atoms with Gasteiger partial charge in [-0.05, 0) is 18.6 Å². The van der Waals surface area contributed by atoms with Crippen LogP contribution >= 0.6 is 11.8 Å². The Labute approximate surface area is 121 Å². The highest BCUT2D eigenvalue weighted by Gasteiger charge is 2.14. The zero-order valence-electron chi connectivity index (χ0n) is 11.4. The van der Waals surface area contributed by atoms with Gasteiger partial charge < -0.3 is 10.1 Å². The van der Waals surface area contributed by atoms with Gasteiger partial charge in [0.15, 0.2) is 11.6 Å². The van der Waals surface area contributed by atoms with Gasteiger partial charge in [0, 0.05) is 11.4 Å². The number of aromatic nitrogens is 2. The number of nitrogens with zero attached hydrogens (tertiary/aromatic N) is 2. The Hall–Kier alpha value is -1.82.